The molecule has 1 aliphatic rings. The molecule has 1 aliphatic heterocycles. The lowest BCUT2D eigenvalue weighted by molar-refractivity contribution is -0.137. The maximum atomic E-state index is 13.8. The normalized spacial score (nSPS) is 16.9. The second-order valence-electron chi connectivity index (χ2n) is 4.86. The number of ether oxygens (including phenoxy) is 1. The smallest absolute Gasteiger partial charge is 0.239 e. The van der Waals surface area contributed by atoms with E-state index in [9.17, 15) is 13.6 Å². The van der Waals surface area contributed by atoms with E-state index >= 15 is 0 Å². The number of hydrogen-bond donors (Lipinski definition) is 1. The lowest BCUT2D eigenvalue weighted by Gasteiger charge is -2.29. The Bertz CT molecular complexity index is 522. The second-order valence-corrected chi connectivity index (χ2v) is 5.72. The molecule has 1 amide bonds. The van der Waals surface area contributed by atoms with Crippen molar-refractivity contribution in [3.05, 3.63) is 33.8 Å². The van der Waals surface area contributed by atoms with Crippen molar-refractivity contribution in [1.82, 2.24) is 10.2 Å². The van der Waals surface area contributed by atoms with Gasteiger partial charge in [-0.1, -0.05) is 0 Å². The molecule has 1 saturated heterocycles. The van der Waals surface area contributed by atoms with Gasteiger partial charge < -0.3 is 15.0 Å². The average molecular weight is 363 g/mol. The van der Waals surface area contributed by atoms with Crippen molar-refractivity contribution < 1.29 is 18.3 Å². The molecule has 1 unspecified atom stereocenters. The summed E-state index contributed by atoms with van der Waals surface area (Å²) in [5.41, 5.74) is -0.0778. The van der Waals surface area contributed by atoms with E-state index in [1.807, 2.05) is 0 Å². The summed E-state index contributed by atoms with van der Waals surface area (Å²) < 4.78 is 32.8. The first kappa shape index (κ1) is 16.3. The van der Waals surface area contributed by atoms with Gasteiger partial charge in [0.25, 0.3) is 0 Å². The SMILES string of the molecule is CC(NCc1c(F)ccc(Br)c1F)C(=O)N1CCOCC1. The summed E-state index contributed by atoms with van der Waals surface area (Å²) in [6.45, 7) is 3.77. The van der Waals surface area contributed by atoms with Crippen LogP contribution in [-0.4, -0.2) is 43.2 Å². The van der Waals surface area contributed by atoms with Crippen LogP contribution in [-0.2, 0) is 16.1 Å². The van der Waals surface area contributed by atoms with Crippen LogP contribution in [0.2, 0.25) is 0 Å². The molecule has 1 atom stereocenters. The lowest BCUT2D eigenvalue weighted by Crippen LogP contribution is -2.49. The number of rotatable bonds is 4. The number of halogens is 3. The predicted molar refractivity (Wildman–Crippen MR) is 77.8 cm³/mol. The van der Waals surface area contributed by atoms with Crippen molar-refractivity contribution in [2.75, 3.05) is 26.3 Å². The minimum atomic E-state index is -0.645. The molecule has 0 aromatic heterocycles. The number of amides is 1. The van der Waals surface area contributed by atoms with Gasteiger partial charge in [0.05, 0.1) is 23.7 Å². The zero-order valence-corrected chi connectivity index (χ0v) is 13.3. The number of morpholine rings is 1. The molecule has 1 fully saturated rings. The molecule has 116 valence electrons. The van der Waals surface area contributed by atoms with Crippen molar-refractivity contribution in [2.24, 2.45) is 0 Å². The topological polar surface area (TPSA) is 41.6 Å². The van der Waals surface area contributed by atoms with Crippen molar-refractivity contribution in [3.8, 4) is 0 Å². The average Bonchev–Trinajstić information content (AvgIpc) is 2.51. The summed E-state index contributed by atoms with van der Waals surface area (Å²) in [7, 11) is 0. The highest BCUT2D eigenvalue weighted by atomic mass is 79.9. The first-order chi connectivity index (χ1) is 10.0. The van der Waals surface area contributed by atoms with Crippen LogP contribution in [0.4, 0.5) is 8.78 Å². The minimum absolute atomic E-state index is 0.0473. The maximum absolute atomic E-state index is 13.8. The molecule has 1 N–H and O–H groups in total. The van der Waals surface area contributed by atoms with E-state index in [1.54, 1.807) is 11.8 Å². The molecule has 1 aromatic carbocycles. The summed E-state index contributed by atoms with van der Waals surface area (Å²) in [6.07, 6.45) is 0. The van der Waals surface area contributed by atoms with Gasteiger partial charge in [-0.25, -0.2) is 8.78 Å². The molecule has 1 aromatic rings. The van der Waals surface area contributed by atoms with Crippen LogP contribution in [0.15, 0.2) is 16.6 Å². The Labute approximate surface area is 130 Å². The van der Waals surface area contributed by atoms with E-state index in [0.29, 0.717) is 26.3 Å². The van der Waals surface area contributed by atoms with E-state index in [0.717, 1.165) is 0 Å². The number of benzene rings is 1. The second kappa shape index (κ2) is 7.29. The van der Waals surface area contributed by atoms with Crippen LogP contribution in [0.5, 0.6) is 0 Å². The lowest BCUT2D eigenvalue weighted by atomic mass is 10.1. The van der Waals surface area contributed by atoms with Gasteiger partial charge >= 0.3 is 0 Å². The third-order valence-electron chi connectivity index (χ3n) is 3.42. The fourth-order valence-electron chi connectivity index (χ4n) is 2.13. The van der Waals surface area contributed by atoms with Crippen molar-refractivity contribution in [1.29, 1.82) is 0 Å². The van der Waals surface area contributed by atoms with Crippen LogP contribution < -0.4 is 5.32 Å². The molecule has 0 spiro atoms. The fourth-order valence-corrected chi connectivity index (χ4v) is 2.50. The molecule has 0 aliphatic carbocycles. The van der Waals surface area contributed by atoms with Gasteiger partial charge in [-0.15, -0.1) is 0 Å². The molecular formula is C14H17BrF2N2O2. The maximum Gasteiger partial charge on any atom is 0.239 e. The number of nitrogens with one attached hydrogen (secondary N) is 1. The summed E-state index contributed by atoms with van der Waals surface area (Å²) >= 11 is 3.02. The molecule has 0 saturated carbocycles. The van der Waals surface area contributed by atoms with Gasteiger partial charge in [-0.3, -0.25) is 4.79 Å². The van der Waals surface area contributed by atoms with Crippen LogP contribution in [0.3, 0.4) is 0 Å². The van der Waals surface area contributed by atoms with Gasteiger partial charge in [0.15, 0.2) is 0 Å². The summed E-state index contributed by atoms with van der Waals surface area (Å²) in [6, 6.07) is 2.00. The van der Waals surface area contributed by atoms with Gasteiger partial charge in [-0.05, 0) is 35.0 Å². The van der Waals surface area contributed by atoms with Gasteiger partial charge in [-0.2, -0.15) is 0 Å². The molecule has 21 heavy (non-hydrogen) atoms. The Hall–Kier alpha value is -1.05. The monoisotopic (exact) mass is 362 g/mol. The third kappa shape index (κ3) is 3.99. The van der Waals surface area contributed by atoms with E-state index < -0.39 is 17.7 Å². The predicted octanol–water partition coefficient (Wildman–Crippen LogP) is 2.06. The first-order valence-electron chi connectivity index (χ1n) is 6.73. The molecular weight excluding hydrogens is 346 g/mol. The van der Waals surface area contributed by atoms with Gasteiger partial charge in [0, 0.05) is 25.2 Å². The third-order valence-corrected chi connectivity index (χ3v) is 4.03. The highest BCUT2D eigenvalue weighted by molar-refractivity contribution is 9.10. The summed E-state index contributed by atoms with van der Waals surface area (Å²) in [4.78, 5) is 13.9. The number of carbonyl (C=O) groups excluding carboxylic acids is 1. The van der Waals surface area contributed by atoms with Crippen molar-refractivity contribution in [3.63, 3.8) is 0 Å². The Balaban J connectivity index is 1.96. The van der Waals surface area contributed by atoms with E-state index in [-0.39, 0.29) is 22.5 Å². The number of hydrogen-bond acceptors (Lipinski definition) is 3. The Morgan fingerprint density at radius 3 is 2.76 bits per heavy atom. The van der Waals surface area contributed by atoms with Gasteiger partial charge in [0.2, 0.25) is 5.91 Å². The molecule has 2 rings (SSSR count). The molecule has 1 heterocycles. The van der Waals surface area contributed by atoms with Crippen LogP contribution in [0.25, 0.3) is 0 Å². The number of carbonyl (C=O) groups is 1. The zero-order chi connectivity index (χ0) is 15.4. The van der Waals surface area contributed by atoms with Crippen molar-refractivity contribution in [2.45, 2.75) is 19.5 Å². The Kier molecular flexibility index (Phi) is 5.66. The summed E-state index contributed by atoms with van der Waals surface area (Å²) in [5, 5.41) is 2.87. The number of nitrogens with zero attached hydrogens (tertiary/aromatic N) is 1. The fraction of sp³-hybridized carbons (Fsp3) is 0.500. The highest BCUT2D eigenvalue weighted by Crippen LogP contribution is 2.21. The first-order valence-corrected chi connectivity index (χ1v) is 7.52. The zero-order valence-electron chi connectivity index (χ0n) is 11.7. The van der Waals surface area contributed by atoms with E-state index in [2.05, 4.69) is 21.2 Å². The van der Waals surface area contributed by atoms with Crippen LogP contribution in [0.1, 0.15) is 12.5 Å². The quantitative estimate of drug-likeness (QED) is 0.833. The van der Waals surface area contributed by atoms with E-state index in [4.69, 9.17) is 4.74 Å². The van der Waals surface area contributed by atoms with E-state index in [1.165, 1.54) is 12.1 Å². The largest absolute Gasteiger partial charge is 0.378 e. The van der Waals surface area contributed by atoms with Crippen molar-refractivity contribution >= 4 is 21.8 Å². The minimum Gasteiger partial charge on any atom is -0.378 e. The van der Waals surface area contributed by atoms with Gasteiger partial charge in [0.1, 0.15) is 11.6 Å². The Morgan fingerprint density at radius 2 is 2.10 bits per heavy atom. The van der Waals surface area contributed by atoms with Crippen LogP contribution in [0, 0.1) is 11.6 Å². The Morgan fingerprint density at radius 1 is 1.43 bits per heavy atom. The summed E-state index contributed by atoms with van der Waals surface area (Å²) in [5.74, 6) is -1.36. The molecule has 0 radical (unpaired) electrons. The molecule has 0 bridgehead atoms. The molecule has 7 heteroatoms. The molecule has 4 nitrogen and oxygen atoms in total. The standard InChI is InChI=1S/C14H17BrF2N2O2/c1-9(14(20)19-4-6-21-7-5-19)18-8-10-12(16)3-2-11(15)13(10)17/h2-3,9,18H,4-8H2,1H3. The highest BCUT2D eigenvalue weighted by Gasteiger charge is 2.23. The van der Waals surface area contributed by atoms with Crippen LogP contribution >= 0.6 is 15.9 Å².